The highest BCUT2D eigenvalue weighted by Gasteiger charge is 2.07. The van der Waals surface area contributed by atoms with Crippen molar-refractivity contribution in [2.24, 2.45) is 0 Å². The number of nitrogens with zero attached hydrogens (tertiary/aromatic N) is 1. The van der Waals surface area contributed by atoms with Gasteiger partial charge in [0.1, 0.15) is 0 Å². The second kappa shape index (κ2) is 8.26. The standard InChI is InChI=1S/C19H18ClNO2/c1-3-22-18-10-5-14(12-19(18)23-4-2)11-16(13-21)15-6-8-17(20)9-7-15/h5-12H,3-4H2,1-2H3. The van der Waals surface area contributed by atoms with Crippen LogP contribution in [-0.2, 0) is 0 Å². The van der Waals surface area contributed by atoms with E-state index in [4.69, 9.17) is 21.1 Å². The van der Waals surface area contributed by atoms with Crippen molar-refractivity contribution in [3.8, 4) is 17.6 Å². The molecule has 2 aromatic rings. The van der Waals surface area contributed by atoms with Crippen LogP contribution in [0.4, 0.5) is 0 Å². The molecule has 0 atom stereocenters. The maximum Gasteiger partial charge on any atom is 0.161 e. The zero-order valence-electron chi connectivity index (χ0n) is 13.2. The second-order valence-corrected chi connectivity index (χ2v) is 5.19. The van der Waals surface area contributed by atoms with Gasteiger partial charge in [0.25, 0.3) is 0 Å². The van der Waals surface area contributed by atoms with Gasteiger partial charge in [0.2, 0.25) is 0 Å². The van der Waals surface area contributed by atoms with E-state index >= 15 is 0 Å². The highest BCUT2D eigenvalue weighted by molar-refractivity contribution is 6.30. The Morgan fingerprint density at radius 3 is 2.30 bits per heavy atom. The largest absolute Gasteiger partial charge is 0.490 e. The Labute approximate surface area is 141 Å². The monoisotopic (exact) mass is 327 g/mol. The number of rotatable bonds is 6. The number of nitriles is 1. The van der Waals surface area contributed by atoms with Gasteiger partial charge in [-0.3, -0.25) is 0 Å². The summed E-state index contributed by atoms with van der Waals surface area (Å²) in [6.07, 6.45) is 1.82. The van der Waals surface area contributed by atoms with Gasteiger partial charge in [0, 0.05) is 5.02 Å². The summed E-state index contributed by atoms with van der Waals surface area (Å²) in [6, 6.07) is 15.1. The van der Waals surface area contributed by atoms with E-state index in [1.54, 1.807) is 12.1 Å². The molecule has 0 saturated heterocycles. The molecular formula is C19H18ClNO2. The Bertz CT molecular complexity index is 730. The average molecular weight is 328 g/mol. The molecule has 0 fully saturated rings. The maximum atomic E-state index is 9.41. The molecule has 0 spiro atoms. The zero-order chi connectivity index (χ0) is 16.7. The first-order valence-corrected chi connectivity index (χ1v) is 7.83. The molecular weight excluding hydrogens is 310 g/mol. The van der Waals surface area contributed by atoms with E-state index < -0.39 is 0 Å². The van der Waals surface area contributed by atoms with Gasteiger partial charge >= 0.3 is 0 Å². The second-order valence-electron chi connectivity index (χ2n) is 4.75. The summed E-state index contributed by atoms with van der Waals surface area (Å²) < 4.78 is 11.2. The molecule has 118 valence electrons. The summed E-state index contributed by atoms with van der Waals surface area (Å²) >= 11 is 5.89. The van der Waals surface area contributed by atoms with Crippen LogP contribution < -0.4 is 9.47 Å². The molecule has 0 radical (unpaired) electrons. The van der Waals surface area contributed by atoms with Gasteiger partial charge in [-0.2, -0.15) is 5.26 Å². The maximum absolute atomic E-state index is 9.41. The summed E-state index contributed by atoms with van der Waals surface area (Å²) in [5.74, 6) is 1.38. The number of hydrogen-bond donors (Lipinski definition) is 0. The van der Waals surface area contributed by atoms with Crippen molar-refractivity contribution >= 4 is 23.3 Å². The van der Waals surface area contributed by atoms with E-state index in [0.717, 1.165) is 11.1 Å². The van der Waals surface area contributed by atoms with Gasteiger partial charge in [-0.15, -0.1) is 0 Å². The van der Waals surface area contributed by atoms with Crippen LogP contribution in [0.2, 0.25) is 5.02 Å². The molecule has 2 aromatic carbocycles. The molecule has 2 rings (SSSR count). The first kappa shape index (κ1) is 16.9. The highest BCUT2D eigenvalue weighted by Crippen LogP contribution is 2.30. The van der Waals surface area contributed by atoms with Crippen molar-refractivity contribution in [3.05, 3.63) is 58.6 Å². The number of allylic oxidation sites excluding steroid dienone is 1. The summed E-state index contributed by atoms with van der Waals surface area (Å²) in [5.41, 5.74) is 2.26. The fourth-order valence-electron chi connectivity index (χ4n) is 2.13. The van der Waals surface area contributed by atoms with Gasteiger partial charge in [-0.25, -0.2) is 0 Å². The van der Waals surface area contributed by atoms with Gasteiger partial charge in [-0.1, -0.05) is 29.8 Å². The van der Waals surface area contributed by atoms with E-state index in [-0.39, 0.29) is 0 Å². The van der Waals surface area contributed by atoms with Gasteiger partial charge in [0.05, 0.1) is 24.9 Å². The minimum Gasteiger partial charge on any atom is -0.490 e. The van der Waals surface area contributed by atoms with Gasteiger partial charge < -0.3 is 9.47 Å². The summed E-state index contributed by atoms with van der Waals surface area (Å²) in [5, 5.41) is 10.1. The Morgan fingerprint density at radius 1 is 1.04 bits per heavy atom. The lowest BCUT2D eigenvalue weighted by Gasteiger charge is -2.11. The topological polar surface area (TPSA) is 42.2 Å². The Hall–Kier alpha value is -2.44. The third-order valence-electron chi connectivity index (χ3n) is 3.15. The first-order chi connectivity index (χ1) is 11.2. The lowest BCUT2D eigenvalue weighted by atomic mass is 10.0. The van der Waals surface area contributed by atoms with E-state index in [9.17, 15) is 5.26 Å². The molecule has 0 aromatic heterocycles. The van der Waals surface area contributed by atoms with Crippen molar-refractivity contribution in [1.29, 1.82) is 5.26 Å². The molecule has 0 aliphatic carbocycles. The highest BCUT2D eigenvalue weighted by atomic mass is 35.5. The van der Waals surface area contributed by atoms with Crippen LogP contribution in [-0.4, -0.2) is 13.2 Å². The van der Waals surface area contributed by atoms with Crippen LogP contribution >= 0.6 is 11.6 Å². The summed E-state index contributed by atoms with van der Waals surface area (Å²) in [4.78, 5) is 0. The zero-order valence-corrected chi connectivity index (χ0v) is 13.9. The number of benzene rings is 2. The lowest BCUT2D eigenvalue weighted by molar-refractivity contribution is 0.287. The van der Waals surface area contributed by atoms with Crippen LogP contribution in [0, 0.1) is 11.3 Å². The third-order valence-corrected chi connectivity index (χ3v) is 3.41. The van der Waals surface area contributed by atoms with E-state index in [1.165, 1.54) is 0 Å². The Kier molecular flexibility index (Phi) is 6.08. The SMILES string of the molecule is CCOc1ccc(C=C(C#N)c2ccc(Cl)cc2)cc1OCC. The van der Waals surface area contributed by atoms with Crippen molar-refractivity contribution < 1.29 is 9.47 Å². The molecule has 0 aliphatic rings. The van der Waals surface area contributed by atoms with Crippen molar-refractivity contribution in [3.63, 3.8) is 0 Å². The molecule has 4 heteroatoms. The predicted molar refractivity (Wildman–Crippen MR) is 93.7 cm³/mol. The third kappa shape index (κ3) is 4.51. The van der Waals surface area contributed by atoms with Gasteiger partial charge in [-0.05, 0) is 55.3 Å². The number of halogens is 1. The average Bonchev–Trinajstić information content (AvgIpc) is 2.56. The van der Waals surface area contributed by atoms with Crippen LogP contribution in [0.5, 0.6) is 11.5 Å². The molecule has 0 bridgehead atoms. The lowest BCUT2D eigenvalue weighted by Crippen LogP contribution is -1.98. The molecule has 0 aliphatic heterocycles. The van der Waals surface area contributed by atoms with Crippen LogP contribution in [0.15, 0.2) is 42.5 Å². The fourth-order valence-corrected chi connectivity index (χ4v) is 2.26. The number of hydrogen-bond acceptors (Lipinski definition) is 3. The van der Waals surface area contributed by atoms with Crippen molar-refractivity contribution in [1.82, 2.24) is 0 Å². The molecule has 0 amide bonds. The summed E-state index contributed by atoms with van der Waals surface area (Å²) in [7, 11) is 0. The minimum absolute atomic E-state index is 0.551. The molecule has 0 saturated carbocycles. The molecule has 3 nitrogen and oxygen atoms in total. The normalized spacial score (nSPS) is 11.0. The van der Waals surface area contributed by atoms with Gasteiger partial charge in [0.15, 0.2) is 11.5 Å². The number of ether oxygens (including phenoxy) is 2. The Balaban J connectivity index is 2.37. The first-order valence-electron chi connectivity index (χ1n) is 7.45. The molecule has 0 heterocycles. The Morgan fingerprint density at radius 2 is 1.70 bits per heavy atom. The molecule has 0 N–H and O–H groups in total. The fraction of sp³-hybridized carbons (Fsp3) is 0.211. The van der Waals surface area contributed by atoms with Crippen LogP contribution in [0.25, 0.3) is 11.6 Å². The van der Waals surface area contributed by atoms with E-state index in [1.807, 2.05) is 50.3 Å². The smallest absolute Gasteiger partial charge is 0.161 e. The van der Waals surface area contributed by atoms with Crippen LogP contribution in [0.3, 0.4) is 0 Å². The van der Waals surface area contributed by atoms with E-state index in [0.29, 0.717) is 35.3 Å². The summed E-state index contributed by atoms with van der Waals surface area (Å²) in [6.45, 7) is 4.98. The quantitative estimate of drug-likeness (QED) is 0.541. The van der Waals surface area contributed by atoms with E-state index in [2.05, 4.69) is 6.07 Å². The van der Waals surface area contributed by atoms with Crippen molar-refractivity contribution in [2.75, 3.05) is 13.2 Å². The minimum atomic E-state index is 0.551. The predicted octanol–water partition coefficient (Wildman–Crippen LogP) is 5.20. The van der Waals surface area contributed by atoms with Crippen LogP contribution in [0.1, 0.15) is 25.0 Å². The molecule has 23 heavy (non-hydrogen) atoms. The molecule has 0 unspecified atom stereocenters. The van der Waals surface area contributed by atoms with Crippen molar-refractivity contribution in [2.45, 2.75) is 13.8 Å².